The smallest absolute Gasteiger partial charge is 0.417 e. The van der Waals surface area contributed by atoms with Gasteiger partial charge in [0.1, 0.15) is 5.75 Å². The van der Waals surface area contributed by atoms with Crippen molar-refractivity contribution in [1.82, 2.24) is 9.55 Å². The van der Waals surface area contributed by atoms with E-state index in [1.807, 2.05) is 55.4 Å². The fourth-order valence-corrected chi connectivity index (χ4v) is 4.40. The Kier molecular flexibility index (Phi) is 11.2. The molecule has 0 aliphatic carbocycles. The molecule has 3 N–H and O–H groups in total. The SMILES string of the molecule is CCC(O)(CC)CCn1ccnc1NC(=O)OC(CC(=O)c1cc(C(C)(C)C)c(O)c(C(C)(C)C)c1)OC(=O)C(C)(C)C. The number of aromatic hydroxyl groups is 1. The van der Waals surface area contributed by atoms with Crippen molar-refractivity contribution in [2.45, 2.75) is 131 Å². The molecule has 1 atom stereocenters. The van der Waals surface area contributed by atoms with E-state index < -0.39 is 52.4 Å². The maximum absolute atomic E-state index is 13.6. The number of aryl methyl sites for hydroxylation is 1. The molecule has 1 aromatic carbocycles. The molecule has 43 heavy (non-hydrogen) atoms. The zero-order chi connectivity index (χ0) is 33.0. The van der Waals surface area contributed by atoms with Gasteiger partial charge in [-0.1, -0.05) is 55.4 Å². The second-order valence-electron chi connectivity index (χ2n) is 14.3. The van der Waals surface area contributed by atoms with E-state index in [1.165, 1.54) is 6.20 Å². The van der Waals surface area contributed by atoms with Gasteiger partial charge in [0.25, 0.3) is 6.29 Å². The lowest BCUT2D eigenvalue weighted by Gasteiger charge is -2.28. The molecular formula is C33H51N3O7. The molecule has 0 bridgehead atoms. The number of anilines is 1. The van der Waals surface area contributed by atoms with Crippen LogP contribution in [0.5, 0.6) is 5.75 Å². The molecule has 1 amide bonds. The summed E-state index contributed by atoms with van der Waals surface area (Å²) in [6.45, 7) is 20.9. The number of imidazole rings is 1. The molecule has 0 fully saturated rings. The number of nitrogens with zero attached hydrogens (tertiary/aromatic N) is 2. The maximum atomic E-state index is 13.6. The summed E-state index contributed by atoms with van der Waals surface area (Å²) in [5, 5.41) is 24.3. The third kappa shape index (κ3) is 9.81. The Labute approximate surface area is 256 Å². The molecule has 10 heteroatoms. The van der Waals surface area contributed by atoms with E-state index in [4.69, 9.17) is 9.47 Å². The highest BCUT2D eigenvalue weighted by Crippen LogP contribution is 2.40. The predicted octanol–water partition coefficient (Wildman–Crippen LogP) is 6.86. The fourth-order valence-electron chi connectivity index (χ4n) is 4.40. The van der Waals surface area contributed by atoms with Gasteiger partial charge in [0, 0.05) is 35.6 Å². The molecule has 0 saturated carbocycles. The van der Waals surface area contributed by atoms with Crippen LogP contribution in [0.1, 0.15) is 123 Å². The van der Waals surface area contributed by atoms with Crippen molar-refractivity contribution in [2.24, 2.45) is 5.41 Å². The van der Waals surface area contributed by atoms with Crippen LogP contribution in [-0.4, -0.2) is 49.5 Å². The van der Waals surface area contributed by atoms with Gasteiger partial charge in [0.15, 0.2) is 5.78 Å². The summed E-state index contributed by atoms with van der Waals surface area (Å²) in [6.07, 6.45) is 1.93. The number of amides is 1. The average Bonchev–Trinajstić information content (AvgIpc) is 3.31. The van der Waals surface area contributed by atoms with Crippen molar-refractivity contribution < 1.29 is 34.1 Å². The van der Waals surface area contributed by atoms with Crippen LogP contribution < -0.4 is 5.32 Å². The minimum Gasteiger partial charge on any atom is -0.507 e. The molecule has 0 spiro atoms. The summed E-state index contributed by atoms with van der Waals surface area (Å²) in [4.78, 5) is 43.5. The minimum absolute atomic E-state index is 0.134. The van der Waals surface area contributed by atoms with E-state index in [9.17, 15) is 24.6 Å². The summed E-state index contributed by atoms with van der Waals surface area (Å²) in [7, 11) is 0. The lowest BCUT2D eigenvalue weighted by molar-refractivity contribution is -0.175. The number of rotatable bonds is 11. The zero-order valence-corrected chi connectivity index (χ0v) is 27.8. The first-order valence-electron chi connectivity index (χ1n) is 14.9. The number of carbonyl (C=O) groups is 3. The van der Waals surface area contributed by atoms with Gasteiger partial charge in [-0.05, 0) is 63.0 Å². The monoisotopic (exact) mass is 601 g/mol. The van der Waals surface area contributed by atoms with Crippen molar-refractivity contribution in [2.75, 3.05) is 5.32 Å². The van der Waals surface area contributed by atoms with E-state index in [-0.39, 0.29) is 11.7 Å². The Morgan fingerprint density at radius 3 is 1.93 bits per heavy atom. The lowest BCUT2D eigenvalue weighted by Crippen LogP contribution is -2.34. The third-order valence-electron chi connectivity index (χ3n) is 7.55. The molecule has 1 heterocycles. The second kappa shape index (κ2) is 13.5. The van der Waals surface area contributed by atoms with Crippen molar-refractivity contribution in [3.8, 4) is 5.75 Å². The van der Waals surface area contributed by atoms with Crippen LogP contribution in [-0.2, 0) is 31.6 Å². The Bertz CT molecular complexity index is 1250. The average molecular weight is 602 g/mol. The number of ether oxygens (including phenoxy) is 2. The first kappa shape index (κ1) is 35.8. The maximum Gasteiger partial charge on any atom is 0.417 e. The van der Waals surface area contributed by atoms with E-state index in [1.54, 1.807) is 43.7 Å². The number of hydrogen-bond acceptors (Lipinski definition) is 8. The first-order chi connectivity index (χ1) is 19.6. The largest absolute Gasteiger partial charge is 0.507 e. The third-order valence-corrected chi connectivity index (χ3v) is 7.55. The van der Waals surface area contributed by atoms with Gasteiger partial charge < -0.3 is 24.3 Å². The summed E-state index contributed by atoms with van der Waals surface area (Å²) in [5.41, 5.74) is -1.14. The number of nitrogens with one attached hydrogen (secondary N) is 1. The quantitative estimate of drug-likeness (QED) is 0.144. The van der Waals surface area contributed by atoms with E-state index in [0.29, 0.717) is 42.5 Å². The molecular weight excluding hydrogens is 550 g/mol. The molecule has 2 aromatic rings. The van der Waals surface area contributed by atoms with Gasteiger partial charge >= 0.3 is 12.1 Å². The van der Waals surface area contributed by atoms with Crippen LogP contribution in [0.4, 0.5) is 10.7 Å². The highest BCUT2D eigenvalue weighted by Gasteiger charge is 2.32. The first-order valence-corrected chi connectivity index (χ1v) is 14.9. The number of phenols is 1. The summed E-state index contributed by atoms with van der Waals surface area (Å²) in [5.74, 6) is -0.741. The second-order valence-corrected chi connectivity index (χ2v) is 14.3. The van der Waals surface area contributed by atoms with Crippen molar-refractivity contribution in [3.05, 3.63) is 41.2 Å². The van der Waals surface area contributed by atoms with Gasteiger partial charge in [-0.25, -0.2) is 9.78 Å². The van der Waals surface area contributed by atoms with Crippen molar-refractivity contribution >= 4 is 23.8 Å². The number of hydrogen-bond donors (Lipinski definition) is 3. The number of aliphatic hydroxyl groups is 1. The van der Waals surface area contributed by atoms with Crippen molar-refractivity contribution in [1.29, 1.82) is 0 Å². The molecule has 1 unspecified atom stereocenters. The number of benzene rings is 1. The Morgan fingerprint density at radius 2 is 1.47 bits per heavy atom. The number of phenolic OH excluding ortho intramolecular Hbond substituents is 1. The van der Waals surface area contributed by atoms with Gasteiger partial charge in [-0.2, -0.15) is 0 Å². The molecule has 0 aliphatic rings. The van der Waals surface area contributed by atoms with E-state index in [0.717, 1.165) is 0 Å². The van der Waals surface area contributed by atoms with Crippen LogP contribution in [0.25, 0.3) is 0 Å². The van der Waals surface area contributed by atoms with E-state index >= 15 is 0 Å². The predicted molar refractivity (Wildman–Crippen MR) is 166 cm³/mol. The number of esters is 1. The number of aromatic nitrogens is 2. The molecule has 0 saturated heterocycles. The van der Waals surface area contributed by atoms with Gasteiger partial charge in [0.2, 0.25) is 5.95 Å². The van der Waals surface area contributed by atoms with Crippen LogP contribution in [0, 0.1) is 5.41 Å². The molecule has 0 aliphatic heterocycles. The van der Waals surface area contributed by atoms with Crippen LogP contribution in [0.2, 0.25) is 0 Å². The molecule has 240 valence electrons. The number of Topliss-reactive ketones (excluding diaryl/α,β-unsaturated/α-hetero) is 1. The lowest BCUT2D eigenvalue weighted by atomic mass is 9.78. The molecule has 2 rings (SSSR count). The highest BCUT2D eigenvalue weighted by molar-refractivity contribution is 5.97. The molecule has 1 aromatic heterocycles. The summed E-state index contributed by atoms with van der Waals surface area (Å²) >= 11 is 0. The van der Waals surface area contributed by atoms with Gasteiger partial charge in [-0.3, -0.25) is 14.9 Å². The Balaban J connectivity index is 2.34. The van der Waals surface area contributed by atoms with Crippen LogP contribution in [0.15, 0.2) is 24.5 Å². The Hall–Kier alpha value is -3.40. The van der Waals surface area contributed by atoms with E-state index in [2.05, 4.69) is 10.3 Å². The highest BCUT2D eigenvalue weighted by atomic mass is 16.7. The Morgan fingerprint density at radius 1 is 0.930 bits per heavy atom. The zero-order valence-electron chi connectivity index (χ0n) is 27.8. The fraction of sp³-hybridized carbons (Fsp3) is 0.636. The van der Waals surface area contributed by atoms with Gasteiger partial charge in [0.05, 0.1) is 17.4 Å². The summed E-state index contributed by atoms with van der Waals surface area (Å²) < 4.78 is 12.7. The topological polar surface area (TPSA) is 140 Å². The standard InChI is InChI=1S/C33H51N3O7/c1-12-33(41,13-2)14-16-36-17-15-34-28(36)35-29(40)43-25(42-27(39)32(9,10)11)20-24(37)21-18-22(30(3,4)5)26(38)23(19-21)31(6,7)8/h15,17-19,25,38,41H,12-14,16,20H2,1-11H3,(H,34,35,40). The van der Waals surface area contributed by atoms with Gasteiger partial charge in [-0.15, -0.1) is 0 Å². The van der Waals surface area contributed by atoms with Crippen molar-refractivity contribution in [3.63, 3.8) is 0 Å². The summed E-state index contributed by atoms with van der Waals surface area (Å²) in [6, 6.07) is 3.28. The normalized spacial score (nSPS) is 13.4. The molecule has 0 radical (unpaired) electrons. The minimum atomic E-state index is -1.52. The number of carbonyl (C=O) groups excluding carboxylic acids is 3. The van der Waals surface area contributed by atoms with Crippen LogP contribution in [0.3, 0.4) is 0 Å². The molecule has 10 nitrogen and oxygen atoms in total. The van der Waals surface area contributed by atoms with Crippen LogP contribution >= 0.6 is 0 Å². The number of ketones is 1.